The molecular weight excluding hydrogens is 396 g/mol. The van der Waals surface area contributed by atoms with Crippen molar-refractivity contribution in [2.75, 3.05) is 17.8 Å². The highest BCUT2D eigenvalue weighted by atomic mass is 32.2. The van der Waals surface area contributed by atoms with Crippen molar-refractivity contribution in [1.29, 1.82) is 0 Å². The van der Waals surface area contributed by atoms with Gasteiger partial charge in [-0.05, 0) is 38.3 Å². The third-order valence-corrected chi connectivity index (χ3v) is 6.87. The van der Waals surface area contributed by atoms with Crippen molar-refractivity contribution in [3.63, 3.8) is 0 Å². The van der Waals surface area contributed by atoms with Crippen LogP contribution in [0.2, 0.25) is 0 Å². The highest BCUT2D eigenvalue weighted by Gasteiger charge is 2.21. The first-order chi connectivity index (χ1) is 14.1. The summed E-state index contributed by atoms with van der Waals surface area (Å²) in [6.07, 6.45) is 18.6. The zero-order valence-electron chi connectivity index (χ0n) is 19.3. The van der Waals surface area contributed by atoms with Gasteiger partial charge in [0.2, 0.25) is 5.91 Å². The van der Waals surface area contributed by atoms with Crippen molar-refractivity contribution in [3.8, 4) is 0 Å². The normalized spacial score (nSPS) is 11.2. The van der Waals surface area contributed by atoms with Gasteiger partial charge in [-0.1, -0.05) is 78.1 Å². The van der Waals surface area contributed by atoms with E-state index in [1.54, 1.807) is 23.5 Å². The molecule has 3 nitrogen and oxygen atoms in total. The number of carbonyl (C=O) groups excluding carboxylic acids is 1. The zero-order chi connectivity index (χ0) is 21.5. The minimum atomic E-state index is 0.115. The number of hydrogen-bond acceptors (Lipinski definition) is 4. The topological polar surface area (TPSA) is 42.0 Å². The van der Waals surface area contributed by atoms with Crippen molar-refractivity contribution in [1.82, 2.24) is 4.98 Å². The third-order valence-electron chi connectivity index (χ3n) is 5.42. The van der Waals surface area contributed by atoms with Crippen molar-refractivity contribution in [3.05, 3.63) is 11.8 Å². The average molecular weight is 439 g/mol. The second-order valence-electron chi connectivity index (χ2n) is 7.94. The zero-order valence-corrected chi connectivity index (χ0v) is 20.9. The Hall–Kier alpha value is -0.680. The Bertz CT molecular complexity index is 553. The van der Waals surface area contributed by atoms with E-state index >= 15 is 0 Å². The van der Waals surface area contributed by atoms with E-state index in [-0.39, 0.29) is 11.8 Å². The van der Waals surface area contributed by atoms with Gasteiger partial charge in [0.25, 0.3) is 0 Å². The smallest absolute Gasteiger partial charge is 0.227 e. The van der Waals surface area contributed by atoms with Gasteiger partial charge in [-0.15, -0.1) is 23.5 Å². The van der Waals surface area contributed by atoms with E-state index in [9.17, 15) is 4.79 Å². The maximum atomic E-state index is 13.2. The number of aromatic nitrogens is 1. The van der Waals surface area contributed by atoms with Crippen LogP contribution >= 0.6 is 23.5 Å². The Morgan fingerprint density at radius 1 is 0.931 bits per heavy atom. The molecule has 5 heteroatoms. The first-order valence-corrected chi connectivity index (χ1v) is 13.9. The fourth-order valence-electron chi connectivity index (χ4n) is 3.66. The average Bonchev–Trinajstić information content (AvgIpc) is 2.72. The van der Waals surface area contributed by atoms with Crippen molar-refractivity contribution in [2.24, 2.45) is 5.92 Å². The van der Waals surface area contributed by atoms with E-state index in [1.807, 2.05) is 13.2 Å². The molecule has 0 aliphatic rings. The molecule has 0 unspecified atom stereocenters. The molecule has 1 rings (SSSR count). The van der Waals surface area contributed by atoms with Gasteiger partial charge in [0, 0.05) is 16.5 Å². The predicted molar refractivity (Wildman–Crippen MR) is 131 cm³/mol. The molecule has 0 aliphatic carbocycles. The van der Waals surface area contributed by atoms with Crippen LogP contribution in [0.1, 0.15) is 96.6 Å². The van der Waals surface area contributed by atoms with Gasteiger partial charge >= 0.3 is 0 Å². The fourth-order valence-corrected chi connectivity index (χ4v) is 4.96. The van der Waals surface area contributed by atoms with Crippen molar-refractivity contribution < 1.29 is 4.79 Å². The lowest BCUT2D eigenvalue weighted by atomic mass is 9.93. The van der Waals surface area contributed by atoms with Crippen LogP contribution in [0, 0.1) is 12.8 Å². The van der Waals surface area contributed by atoms with Gasteiger partial charge in [0.1, 0.15) is 5.03 Å². The van der Waals surface area contributed by atoms with E-state index in [0.717, 1.165) is 47.0 Å². The van der Waals surface area contributed by atoms with Crippen LogP contribution in [0.5, 0.6) is 0 Å². The van der Waals surface area contributed by atoms with E-state index in [1.165, 1.54) is 51.4 Å². The van der Waals surface area contributed by atoms with Crippen molar-refractivity contribution in [2.45, 2.75) is 108 Å². The van der Waals surface area contributed by atoms with Gasteiger partial charge in [-0.3, -0.25) is 4.79 Å². The molecule has 1 N–H and O–H groups in total. The summed E-state index contributed by atoms with van der Waals surface area (Å²) in [6.45, 7) is 6.50. The monoisotopic (exact) mass is 438 g/mol. The number of anilines is 1. The Morgan fingerprint density at radius 3 is 1.97 bits per heavy atom. The van der Waals surface area contributed by atoms with Crippen molar-refractivity contribution >= 4 is 35.1 Å². The van der Waals surface area contributed by atoms with E-state index in [4.69, 9.17) is 0 Å². The summed E-state index contributed by atoms with van der Waals surface area (Å²) in [5.74, 6) is 0.302. The number of amides is 1. The summed E-state index contributed by atoms with van der Waals surface area (Å²) in [7, 11) is 0. The number of unbranched alkanes of at least 4 members (excludes halogenated alkanes) is 8. The largest absolute Gasteiger partial charge is 0.323 e. The van der Waals surface area contributed by atoms with Crippen LogP contribution in [-0.4, -0.2) is 23.4 Å². The van der Waals surface area contributed by atoms with Crippen LogP contribution in [-0.2, 0) is 4.79 Å². The lowest BCUT2D eigenvalue weighted by Gasteiger charge is -2.19. The highest BCUT2D eigenvalue weighted by molar-refractivity contribution is 7.99. The molecule has 1 heterocycles. The summed E-state index contributed by atoms with van der Waals surface area (Å²) < 4.78 is 0. The molecule has 1 amide bonds. The molecule has 0 fully saturated rings. The summed E-state index contributed by atoms with van der Waals surface area (Å²) >= 11 is 3.29. The molecule has 0 saturated heterocycles. The number of pyridine rings is 1. The van der Waals surface area contributed by atoms with Crippen LogP contribution < -0.4 is 5.32 Å². The van der Waals surface area contributed by atoms with Crippen LogP contribution in [0.3, 0.4) is 0 Å². The maximum absolute atomic E-state index is 13.2. The predicted octanol–water partition coefficient (Wildman–Crippen LogP) is 8.11. The first kappa shape index (κ1) is 26.4. The molecular formula is C24H42N2OS2. The number of hydrogen-bond donors (Lipinski definition) is 1. The van der Waals surface area contributed by atoms with E-state index in [0.29, 0.717) is 0 Å². The second kappa shape index (κ2) is 16.1. The third kappa shape index (κ3) is 10.3. The molecule has 29 heavy (non-hydrogen) atoms. The number of nitrogens with one attached hydrogen (secondary N) is 1. The molecule has 0 spiro atoms. The molecule has 0 aliphatic heterocycles. The Morgan fingerprint density at radius 2 is 1.48 bits per heavy atom. The Kier molecular flexibility index (Phi) is 14.6. The molecule has 1 aromatic heterocycles. The second-order valence-corrected chi connectivity index (χ2v) is 9.59. The summed E-state index contributed by atoms with van der Waals surface area (Å²) in [5.41, 5.74) is 1.91. The quantitative estimate of drug-likeness (QED) is 0.209. The number of aryl methyl sites for hydroxylation is 1. The molecule has 166 valence electrons. The van der Waals surface area contributed by atoms with Gasteiger partial charge in [-0.25, -0.2) is 4.98 Å². The molecule has 1 aromatic rings. The van der Waals surface area contributed by atoms with E-state index < -0.39 is 0 Å². The van der Waals surface area contributed by atoms with Gasteiger partial charge < -0.3 is 5.32 Å². The van der Waals surface area contributed by atoms with E-state index in [2.05, 4.69) is 36.5 Å². The molecule has 0 saturated carbocycles. The van der Waals surface area contributed by atoms with Gasteiger partial charge in [-0.2, -0.15) is 0 Å². The standard InChI is InChI=1S/C24H42N2OS2/c1-6-8-10-12-14-16-20(17-15-13-11-9-7-2)23(27)26-22-21(28-4)18-19(3)25-24(22)29-5/h18,20H,6-17H2,1-5H3,(H,26,27). The Labute approximate surface area is 188 Å². The summed E-state index contributed by atoms with van der Waals surface area (Å²) in [4.78, 5) is 19.0. The Balaban J connectivity index is 2.78. The SMILES string of the molecule is CCCCCCCC(CCCCCCC)C(=O)Nc1c(SC)cc(C)nc1SC. The lowest BCUT2D eigenvalue weighted by molar-refractivity contribution is -0.120. The summed E-state index contributed by atoms with van der Waals surface area (Å²) in [6, 6.07) is 2.07. The molecule has 0 radical (unpaired) electrons. The van der Waals surface area contributed by atoms with Crippen LogP contribution in [0.25, 0.3) is 0 Å². The van der Waals surface area contributed by atoms with Gasteiger partial charge in [0.05, 0.1) is 5.69 Å². The lowest BCUT2D eigenvalue weighted by Crippen LogP contribution is -2.24. The van der Waals surface area contributed by atoms with Crippen LogP contribution in [0.4, 0.5) is 5.69 Å². The van der Waals surface area contributed by atoms with Gasteiger partial charge in [0.15, 0.2) is 0 Å². The molecule has 0 aromatic carbocycles. The molecule has 0 bridgehead atoms. The number of carbonyl (C=O) groups is 1. The highest BCUT2D eigenvalue weighted by Crippen LogP contribution is 2.34. The minimum Gasteiger partial charge on any atom is -0.323 e. The maximum Gasteiger partial charge on any atom is 0.227 e. The fraction of sp³-hybridized carbons (Fsp3) is 0.750. The number of thioether (sulfide) groups is 2. The van der Waals surface area contributed by atoms with Crippen LogP contribution in [0.15, 0.2) is 16.0 Å². The number of nitrogens with zero attached hydrogens (tertiary/aromatic N) is 1. The number of rotatable bonds is 16. The first-order valence-electron chi connectivity index (χ1n) is 11.5. The molecule has 0 atom stereocenters. The summed E-state index contributed by atoms with van der Waals surface area (Å²) in [5, 5.41) is 4.19. The minimum absolute atomic E-state index is 0.115.